The van der Waals surface area contributed by atoms with E-state index in [0.717, 1.165) is 66.8 Å². The van der Waals surface area contributed by atoms with Crippen LogP contribution in [0.25, 0.3) is 77.9 Å². The summed E-state index contributed by atoms with van der Waals surface area (Å²) in [6.45, 7) is 0. The van der Waals surface area contributed by atoms with Crippen LogP contribution in [0.15, 0.2) is 203 Å². The third-order valence-electron chi connectivity index (χ3n) is 9.92. The van der Waals surface area contributed by atoms with Crippen molar-refractivity contribution in [3.05, 3.63) is 194 Å². The Morgan fingerprint density at radius 1 is 0.377 bits per heavy atom. The monoisotopic (exact) mass is 680 g/mol. The topological polar surface area (TPSA) is 42.4 Å². The first-order valence-corrected chi connectivity index (χ1v) is 17.8. The summed E-state index contributed by atoms with van der Waals surface area (Å²) in [7, 11) is 0. The molecule has 2 aromatic heterocycles. The molecule has 250 valence electrons. The van der Waals surface area contributed by atoms with Crippen LogP contribution < -0.4 is 4.90 Å². The largest absolute Gasteiger partial charge is 0.455 e. The number of benzene rings is 8. The molecule has 2 heterocycles. The first kappa shape index (κ1) is 30.6. The van der Waals surface area contributed by atoms with Gasteiger partial charge in [0.25, 0.3) is 0 Å². The highest BCUT2D eigenvalue weighted by Gasteiger charge is 2.19. The molecule has 0 aliphatic heterocycles. The van der Waals surface area contributed by atoms with Crippen molar-refractivity contribution in [1.82, 2.24) is 4.98 Å². The molecule has 0 unspecified atom stereocenters. The fraction of sp³-hybridized carbons (Fsp3) is 0. The predicted molar refractivity (Wildman–Crippen MR) is 218 cm³/mol. The average molecular weight is 681 g/mol. The summed E-state index contributed by atoms with van der Waals surface area (Å²) in [5.74, 6) is 0.600. The molecule has 0 aliphatic rings. The van der Waals surface area contributed by atoms with Crippen molar-refractivity contribution in [1.29, 1.82) is 0 Å². The van der Waals surface area contributed by atoms with Gasteiger partial charge in [0, 0.05) is 33.6 Å². The van der Waals surface area contributed by atoms with Crippen LogP contribution in [0.2, 0.25) is 0 Å². The van der Waals surface area contributed by atoms with E-state index >= 15 is 0 Å². The highest BCUT2D eigenvalue weighted by molar-refractivity contribution is 6.19. The van der Waals surface area contributed by atoms with Crippen LogP contribution in [0, 0.1) is 0 Å². The molecule has 10 aromatic rings. The quantitative estimate of drug-likeness (QED) is 0.168. The standard InChI is InChI=1S/C49H32N2O2/c1-4-12-33(13-5-1)35-22-26-39(27-23-35)51(41-19-10-18-38(32-41)34-14-6-2-7-15-34)40-28-24-36(25-29-40)42-20-11-21-43-46-44(52-48(42)43)30-31-45-47(46)50-49(53-45)37-16-8-3-9-17-37/h1-32H. The molecule has 4 heteroatoms. The number of fused-ring (bicyclic) bond motifs is 5. The normalized spacial score (nSPS) is 11.4. The molecule has 53 heavy (non-hydrogen) atoms. The maximum Gasteiger partial charge on any atom is 0.227 e. The summed E-state index contributed by atoms with van der Waals surface area (Å²) >= 11 is 0. The number of anilines is 3. The Kier molecular flexibility index (Phi) is 7.43. The van der Waals surface area contributed by atoms with Crippen molar-refractivity contribution in [2.45, 2.75) is 0 Å². The summed E-state index contributed by atoms with van der Waals surface area (Å²) in [5, 5.41) is 1.98. The van der Waals surface area contributed by atoms with Crippen LogP contribution >= 0.6 is 0 Å². The van der Waals surface area contributed by atoms with Crippen molar-refractivity contribution < 1.29 is 8.83 Å². The molecule has 0 saturated heterocycles. The SMILES string of the molecule is c1ccc(-c2ccc(N(c3ccc(-c4cccc5c4oc4ccc6oc(-c7ccccc7)nc6c45)cc3)c3cccc(-c4ccccc4)c3)cc2)cc1. The van der Waals surface area contributed by atoms with Gasteiger partial charge >= 0.3 is 0 Å². The highest BCUT2D eigenvalue weighted by Crippen LogP contribution is 2.42. The minimum Gasteiger partial charge on any atom is -0.455 e. The second-order valence-electron chi connectivity index (χ2n) is 13.2. The third kappa shape index (κ3) is 5.54. The summed E-state index contributed by atoms with van der Waals surface area (Å²) in [4.78, 5) is 7.26. The summed E-state index contributed by atoms with van der Waals surface area (Å²) in [6.07, 6.45) is 0. The molecule has 10 rings (SSSR count). The van der Waals surface area contributed by atoms with Gasteiger partial charge in [0.05, 0.1) is 5.39 Å². The van der Waals surface area contributed by atoms with E-state index in [1.54, 1.807) is 0 Å². The Balaban J connectivity index is 1.06. The second kappa shape index (κ2) is 12.9. The van der Waals surface area contributed by atoms with E-state index < -0.39 is 0 Å². The summed E-state index contributed by atoms with van der Waals surface area (Å²) in [5.41, 5.74) is 14.1. The third-order valence-corrected chi connectivity index (χ3v) is 9.92. The van der Waals surface area contributed by atoms with E-state index in [0.29, 0.717) is 5.89 Å². The molecule has 0 N–H and O–H groups in total. The number of rotatable bonds is 7. The van der Waals surface area contributed by atoms with Crippen LogP contribution in [0.3, 0.4) is 0 Å². The van der Waals surface area contributed by atoms with Crippen LogP contribution in [0.4, 0.5) is 17.1 Å². The van der Waals surface area contributed by atoms with E-state index in [4.69, 9.17) is 13.8 Å². The number of nitrogens with zero attached hydrogens (tertiary/aromatic N) is 2. The van der Waals surface area contributed by atoms with Gasteiger partial charge in [0.1, 0.15) is 16.7 Å². The van der Waals surface area contributed by atoms with Crippen molar-refractivity contribution in [2.24, 2.45) is 0 Å². The molecule has 4 nitrogen and oxygen atoms in total. The predicted octanol–water partition coefficient (Wildman–Crippen LogP) is 13.9. The van der Waals surface area contributed by atoms with E-state index in [9.17, 15) is 0 Å². The number of hydrogen-bond donors (Lipinski definition) is 0. The van der Waals surface area contributed by atoms with E-state index in [1.807, 2.05) is 42.5 Å². The van der Waals surface area contributed by atoms with Crippen molar-refractivity contribution in [3.8, 4) is 44.8 Å². The number of hydrogen-bond acceptors (Lipinski definition) is 4. The number of para-hydroxylation sites is 1. The molecular weight excluding hydrogens is 649 g/mol. The molecule has 0 atom stereocenters. The van der Waals surface area contributed by atoms with Crippen LogP contribution in [-0.4, -0.2) is 4.98 Å². The average Bonchev–Trinajstić information content (AvgIpc) is 3.85. The molecular formula is C49H32N2O2. The molecule has 0 aliphatic carbocycles. The van der Waals surface area contributed by atoms with E-state index in [1.165, 1.54) is 22.3 Å². The zero-order valence-electron chi connectivity index (χ0n) is 28.7. The molecule has 0 radical (unpaired) electrons. The van der Waals surface area contributed by atoms with Crippen LogP contribution in [0.1, 0.15) is 0 Å². The summed E-state index contributed by atoms with van der Waals surface area (Å²) in [6, 6.07) is 67.6. The van der Waals surface area contributed by atoms with Gasteiger partial charge in [-0.05, 0) is 88.5 Å². The fourth-order valence-electron chi connectivity index (χ4n) is 7.33. The van der Waals surface area contributed by atoms with Crippen LogP contribution in [0.5, 0.6) is 0 Å². The van der Waals surface area contributed by atoms with Gasteiger partial charge in [-0.3, -0.25) is 0 Å². The summed E-state index contributed by atoms with van der Waals surface area (Å²) < 4.78 is 12.8. The van der Waals surface area contributed by atoms with Gasteiger partial charge < -0.3 is 13.7 Å². The molecule has 0 spiro atoms. The van der Waals surface area contributed by atoms with Gasteiger partial charge in [-0.25, -0.2) is 4.98 Å². The van der Waals surface area contributed by atoms with Crippen molar-refractivity contribution in [3.63, 3.8) is 0 Å². The van der Waals surface area contributed by atoms with E-state index in [2.05, 4.69) is 157 Å². The smallest absolute Gasteiger partial charge is 0.227 e. The number of furan rings is 1. The van der Waals surface area contributed by atoms with Crippen LogP contribution in [-0.2, 0) is 0 Å². The van der Waals surface area contributed by atoms with Crippen molar-refractivity contribution >= 4 is 50.1 Å². The first-order chi connectivity index (χ1) is 26.3. The number of oxazole rings is 1. The minimum absolute atomic E-state index is 0.600. The fourth-order valence-corrected chi connectivity index (χ4v) is 7.33. The molecule has 0 amide bonds. The lowest BCUT2D eigenvalue weighted by Crippen LogP contribution is -2.10. The molecule has 8 aromatic carbocycles. The lowest BCUT2D eigenvalue weighted by atomic mass is 10.0. The lowest BCUT2D eigenvalue weighted by molar-refractivity contribution is 0.619. The van der Waals surface area contributed by atoms with Gasteiger partial charge in [0.2, 0.25) is 5.89 Å². The maximum atomic E-state index is 6.59. The zero-order valence-corrected chi connectivity index (χ0v) is 28.7. The maximum absolute atomic E-state index is 6.59. The second-order valence-corrected chi connectivity index (χ2v) is 13.2. The Morgan fingerprint density at radius 3 is 1.60 bits per heavy atom. The van der Waals surface area contributed by atoms with Gasteiger partial charge in [0.15, 0.2) is 5.58 Å². The Hall–Kier alpha value is -7.17. The van der Waals surface area contributed by atoms with Gasteiger partial charge in [-0.2, -0.15) is 0 Å². The Morgan fingerprint density at radius 2 is 0.925 bits per heavy atom. The van der Waals surface area contributed by atoms with Gasteiger partial charge in [-0.1, -0.05) is 133 Å². The Bertz CT molecular complexity index is 2860. The first-order valence-electron chi connectivity index (χ1n) is 17.8. The van der Waals surface area contributed by atoms with Gasteiger partial charge in [-0.15, -0.1) is 0 Å². The van der Waals surface area contributed by atoms with Crippen molar-refractivity contribution in [2.75, 3.05) is 4.90 Å². The zero-order chi connectivity index (χ0) is 35.1. The molecule has 0 fully saturated rings. The molecule has 0 saturated carbocycles. The Labute approximate surface area is 306 Å². The van der Waals surface area contributed by atoms with E-state index in [-0.39, 0.29) is 0 Å². The lowest BCUT2D eigenvalue weighted by Gasteiger charge is -2.26. The highest BCUT2D eigenvalue weighted by atomic mass is 16.4. The molecule has 0 bridgehead atoms. The number of aromatic nitrogens is 1. The minimum atomic E-state index is 0.600.